The predicted octanol–water partition coefficient (Wildman–Crippen LogP) is 13.9. The van der Waals surface area contributed by atoms with Crippen molar-refractivity contribution in [3.05, 3.63) is 163 Å². The SMILES string of the molecule is CC1(C)c2ccccc2-c2c1c1c(c3ccccc3n1-c1cccc(-c3ccc4c5c(cccc35)-c3ccccc3-4)c1)c1sc3ccccc3c21. The molecule has 10 aromatic rings. The topological polar surface area (TPSA) is 4.93 Å². The maximum atomic E-state index is 2.58. The number of aromatic nitrogens is 1. The van der Waals surface area contributed by atoms with E-state index in [9.17, 15) is 0 Å². The molecule has 0 spiro atoms. The zero-order chi connectivity index (χ0) is 33.6. The number of fused-ring (bicyclic) bond motifs is 15. The van der Waals surface area contributed by atoms with Crippen LogP contribution in [0.25, 0.3) is 103 Å². The Morgan fingerprint density at radius 3 is 2.00 bits per heavy atom. The lowest BCUT2D eigenvalue weighted by Crippen LogP contribution is -2.16. The molecule has 0 bridgehead atoms. The van der Waals surface area contributed by atoms with Gasteiger partial charge in [-0.2, -0.15) is 0 Å². The molecule has 0 unspecified atom stereocenters. The van der Waals surface area contributed by atoms with Crippen molar-refractivity contribution in [2.24, 2.45) is 0 Å². The average Bonchev–Trinajstić information content (AvgIpc) is 3.88. The van der Waals surface area contributed by atoms with Crippen LogP contribution >= 0.6 is 11.3 Å². The third-order valence-corrected chi connectivity index (χ3v) is 13.1. The maximum absolute atomic E-state index is 2.58. The van der Waals surface area contributed by atoms with E-state index in [1.807, 2.05) is 11.3 Å². The third-order valence-electron chi connectivity index (χ3n) is 11.9. The van der Waals surface area contributed by atoms with Crippen LogP contribution in [0.5, 0.6) is 0 Å². The number of benzene rings is 8. The third kappa shape index (κ3) is 3.41. The highest BCUT2D eigenvalue weighted by atomic mass is 32.1. The van der Waals surface area contributed by atoms with Gasteiger partial charge in [0.2, 0.25) is 0 Å². The first-order chi connectivity index (χ1) is 25.1. The second-order valence-corrected chi connectivity index (χ2v) is 15.8. The van der Waals surface area contributed by atoms with Gasteiger partial charge in [0.15, 0.2) is 0 Å². The minimum Gasteiger partial charge on any atom is -0.309 e. The summed E-state index contributed by atoms with van der Waals surface area (Å²) in [7, 11) is 0. The summed E-state index contributed by atoms with van der Waals surface area (Å²) in [5, 5.41) is 8.12. The summed E-state index contributed by atoms with van der Waals surface area (Å²) in [4.78, 5) is 0. The van der Waals surface area contributed by atoms with Gasteiger partial charge in [-0.05, 0) is 90.7 Å². The van der Waals surface area contributed by atoms with Gasteiger partial charge in [0, 0.05) is 42.0 Å². The van der Waals surface area contributed by atoms with Gasteiger partial charge in [0.1, 0.15) is 0 Å². The van der Waals surface area contributed by atoms with Crippen LogP contribution in [0.1, 0.15) is 25.0 Å². The Hall–Kier alpha value is -5.96. The molecule has 2 aliphatic rings. The summed E-state index contributed by atoms with van der Waals surface area (Å²) in [6, 6.07) is 56.8. The lowest BCUT2D eigenvalue weighted by atomic mass is 9.81. The summed E-state index contributed by atoms with van der Waals surface area (Å²) < 4.78 is 5.31. The Labute approximate surface area is 299 Å². The van der Waals surface area contributed by atoms with Crippen LogP contribution in [0.3, 0.4) is 0 Å². The molecule has 0 N–H and O–H groups in total. The zero-order valence-corrected chi connectivity index (χ0v) is 29.1. The fraction of sp³-hybridized carbons (Fsp3) is 0.0612. The highest BCUT2D eigenvalue weighted by Gasteiger charge is 2.41. The Balaban J connectivity index is 1.20. The number of hydrogen-bond donors (Lipinski definition) is 0. The molecule has 2 heteroatoms. The van der Waals surface area contributed by atoms with Crippen LogP contribution in [-0.4, -0.2) is 4.57 Å². The first-order valence-corrected chi connectivity index (χ1v) is 18.7. The van der Waals surface area contributed by atoms with Gasteiger partial charge in [0.25, 0.3) is 0 Å². The van der Waals surface area contributed by atoms with Crippen molar-refractivity contribution < 1.29 is 0 Å². The van der Waals surface area contributed by atoms with E-state index >= 15 is 0 Å². The normalized spacial score (nSPS) is 13.8. The van der Waals surface area contributed by atoms with E-state index in [2.05, 4.69) is 170 Å². The molecular formula is C49H31NS. The molecule has 0 fully saturated rings. The molecule has 2 aliphatic carbocycles. The molecule has 8 aromatic carbocycles. The maximum Gasteiger partial charge on any atom is 0.0602 e. The quantitative estimate of drug-likeness (QED) is 0.173. The van der Waals surface area contributed by atoms with Gasteiger partial charge >= 0.3 is 0 Å². The van der Waals surface area contributed by atoms with Crippen molar-refractivity contribution in [1.82, 2.24) is 4.57 Å². The van der Waals surface area contributed by atoms with E-state index in [-0.39, 0.29) is 5.41 Å². The van der Waals surface area contributed by atoms with E-state index in [1.54, 1.807) is 0 Å². The van der Waals surface area contributed by atoms with E-state index in [4.69, 9.17) is 0 Å². The molecule has 2 aromatic heterocycles. The first-order valence-electron chi connectivity index (χ1n) is 17.9. The van der Waals surface area contributed by atoms with Crippen molar-refractivity contribution in [3.8, 4) is 50.2 Å². The van der Waals surface area contributed by atoms with Gasteiger partial charge in [0.05, 0.1) is 11.0 Å². The van der Waals surface area contributed by atoms with Crippen LogP contribution in [0.2, 0.25) is 0 Å². The van der Waals surface area contributed by atoms with Crippen LogP contribution in [0, 0.1) is 0 Å². The zero-order valence-electron chi connectivity index (χ0n) is 28.3. The molecule has 12 rings (SSSR count). The van der Waals surface area contributed by atoms with Crippen LogP contribution in [0.15, 0.2) is 152 Å². The van der Waals surface area contributed by atoms with Crippen molar-refractivity contribution >= 4 is 64.1 Å². The highest BCUT2D eigenvalue weighted by Crippen LogP contribution is 2.59. The molecule has 0 amide bonds. The largest absolute Gasteiger partial charge is 0.309 e. The molecule has 1 nitrogen and oxygen atoms in total. The van der Waals surface area contributed by atoms with E-state index in [0.29, 0.717) is 0 Å². The Kier molecular flexibility index (Phi) is 5.25. The monoisotopic (exact) mass is 665 g/mol. The fourth-order valence-electron chi connectivity index (χ4n) is 9.82. The van der Waals surface area contributed by atoms with Gasteiger partial charge in [-0.1, -0.05) is 141 Å². The lowest BCUT2D eigenvalue weighted by molar-refractivity contribution is 0.664. The number of rotatable bonds is 2. The summed E-state index contributed by atoms with van der Waals surface area (Å²) in [5.41, 5.74) is 17.1. The second kappa shape index (κ2) is 9.63. The van der Waals surface area contributed by atoms with E-state index in [1.165, 1.54) is 114 Å². The molecule has 51 heavy (non-hydrogen) atoms. The fourth-order valence-corrected chi connectivity index (χ4v) is 11.1. The summed E-state index contributed by atoms with van der Waals surface area (Å²) in [6.07, 6.45) is 0. The molecule has 0 saturated carbocycles. The molecule has 0 radical (unpaired) electrons. The van der Waals surface area contributed by atoms with Gasteiger partial charge in [-0.25, -0.2) is 0 Å². The van der Waals surface area contributed by atoms with Crippen LogP contribution in [0.4, 0.5) is 0 Å². The van der Waals surface area contributed by atoms with Crippen molar-refractivity contribution in [2.45, 2.75) is 19.3 Å². The minimum absolute atomic E-state index is 0.183. The molecule has 238 valence electrons. The van der Waals surface area contributed by atoms with Gasteiger partial charge in [-0.3, -0.25) is 0 Å². The highest BCUT2D eigenvalue weighted by molar-refractivity contribution is 7.27. The van der Waals surface area contributed by atoms with E-state index < -0.39 is 0 Å². The second-order valence-electron chi connectivity index (χ2n) is 14.8. The standard InChI is InChI=1S/C49H31NS/c1-49(2)39-22-8-5-17-36(39)43-44-38-19-7-10-24-41(38)51-48(44)45-37-18-6-9-23-40(37)50(47(45)46(43)49)29-14-11-13-28(27-29)30-25-26-35-32-16-4-3-15-31(32)34-21-12-20-33(30)42(34)35/h3-27H,1-2H3. The summed E-state index contributed by atoms with van der Waals surface area (Å²) >= 11 is 1.95. The summed E-state index contributed by atoms with van der Waals surface area (Å²) in [6.45, 7) is 4.86. The Morgan fingerprint density at radius 2 is 1.14 bits per heavy atom. The smallest absolute Gasteiger partial charge is 0.0602 e. The molecule has 0 atom stereocenters. The van der Waals surface area contributed by atoms with Gasteiger partial charge < -0.3 is 4.57 Å². The molecular weight excluding hydrogens is 635 g/mol. The van der Waals surface area contributed by atoms with E-state index in [0.717, 1.165) is 0 Å². The average molecular weight is 666 g/mol. The molecule has 0 aliphatic heterocycles. The van der Waals surface area contributed by atoms with Crippen molar-refractivity contribution in [2.75, 3.05) is 0 Å². The minimum atomic E-state index is -0.183. The van der Waals surface area contributed by atoms with Crippen LogP contribution in [-0.2, 0) is 5.41 Å². The summed E-state index contributed by atoms with van der Waals surface area (Å²) in [5.74, 6) is 0. The lowest BCUT2D eigenvalue weighted by Gasteiger charge is -2.24. The number of para-hydroxylation sites is 1. The first kappa shape index (κ1) is 27.8. The van der Waals surface area contributed by atoms with Crippen molar-refractivity contribution in [1.29, 1.82) is 0 Å². The van der Waals surface area contributed by atoms with Gasteiger partial charge in [-0.15, -0.1) is 11.3 Å². The van der Waals surface area contributed by atoms with Crippen LogP contribution < -0.4 is 0 Å². The molecule has 0 saturated heterocycles. The Morgan fingerprint density at radius 1 is 0.490 bits per heavy atom. The number of hydrogen-bond acceptors (Lipinski definition) is 1. The Bertz CT molecular complexity index is 3140. The predicted molar refractivity (Wildman–Crippen MR) is 219 cm³/mol. The van der Waals surface area contributed by atoms with Crippen molar-refractivity contribution in [3.63, 3.8) is 0 Å². The number of nitrogens with zero attached hydrogens (tertiary/aromatic N) is 1. The number of thiophene rings is 1. The molecule has 2 heterocycles.